The second kappa shape index (κ2) is 7.26. The van der Waals surface area contributed by atoms with E-state index in [0.717, 1.165) is 34.1 Å². The molecule has 0 amide bonds. The summed E-state index contributed by atoms with van der Waals surface area (Å²) in [5, 5.41) is 7.09. The molecule has 1 atom stereocenters. The highest BCUT2D eigenvalue weighted by molar-refractivity contribution is 7.88. The largest absolute Gasteiger partial charge is 0.493 e. The molecule has 0 bridgehead atoms. The lowest BCUT2D eigenvalue weighted by Crippen LogP contribution is -2.59. The average Bonchev–Trinajstić information content (AvgIpc) is 3.46. The predicted molar refractivity (Wildman–Crippen MR) is 120 cm³/mol. The quantitative estimate of drug-likeness (QED) is 0.680. The molecule has 10 heteroatoms. The Morgan fingerprint density at radius 1 is 1.12 bits per heavy atom. The van der Waals surface area contributed by atoms with E-state index in [4.69, 9.17) is 24.0 Å². The molecule has 0 N–H and O–H groups in total. The number of sulfonamides is 1. The highest BCUT2D eigenvalue weighted by atomic mass is 32.2. The summed E-state index contributed by atoms with van der Waals surface area (Å²) in [7, 11) is -1.63. The van der Waals surface area contributed by atoms with Crippen LogP contribution < -0.4 is 18.9 Å². The van der Waals surface area contributed by atoms with Gasteiger partial charge < -0.3 is 18.9 Å². The van der Waals surface area contributed by atoms with E-state index in [1.807, 2.05) is 41.4 Å². The van der Waals surface area contributed by atoms with Crippen LogP contribution in [-0.4, -0.2) is 62.4 Å². The van der Waals surface area contributed by atoms with Crippen molar-refractivity contribution >= 4 is 15.7 Å². The van der Waals surface area contributed by atoms with Gasteiger partial charge in [-0.05, 0) is 24.3 Å². The van der Waals surface area contributed by atoms with Gasteiger partial charge in [0.1, 0.15) is 0 Å². The van der Waals surface area contributed by atoms with Crippen LogP contribution in [0.1, 0.15) is 36.4 Å². The van der Waals surface area contributed by atoms with E-state index in [0.29, 0.717) is 38.1 Å². The van der Waals surface area contributed by atoms with Crippen LogP contribution in [0.3, 0.4) is 0 Å². The number of rotatable bonds is 3. The van der Waals surface area contributed by atoms with Crippen molar-refractivity contribution in [3.63, 3.8) is 0 Å². The maximum absolute atomic E-state index is 12.1. The minimum Gasteiger partial charge on any atom is -0.493 e. The first-order valence-electron chi connectivity index (χ1n) is 11.0. The third kappa shape index (κ3) is 3.23. The Morgan fingerprint density at radius 3 is 2.67 bits per heavy atom. The number of methoxy groups -OCH3 is 1. The van der Waals surface area contributed by atoms with Crippen molar-refractivity contribution in [1.29, 1.82) is 0 Å². The first-order valence-corrected chi connectivity index (χ1v) is 12.8. The van der Waals surface area contributed by atoms with Gasteiger partial charge in [0, 0.05) is 43.5 Å². The van der Waals surface area contributed by atoms with E-state index in [1.165, 1.54) is 10.6 Å². The van der Waals surface area contributed by atoms with E-state index < -0.39 is 15.7 Å². The standard InChI is InChI=1S/C23H25N3O6S/c1-29-20-5-3-4-16-18-13-17(15-6-7-19-21(12-15)31-14-30-19)24-26(18)23(32-22(16)20)8-10-25(11-9-23)33(2,27)28/h3-7,12,18H,8-11,13-14H2,1-2H3/t18-/m0/s1. The highest BCUT2D eigenvalue weighted by Crippen LogP contribution is 2.53. The topological polar surface area (TPSA) is 89.9 Å². The maximum atomic E-state index is 12.1. The molecule has 1 spiro atoms. The van der Waals surface area contributed by atoms with Crippen molar-refractivity contribution < 1.29 is 27.4 Å². The Bertz CT molecular complexity index is 1250. The number of hydrazone groups is 1. The van der Waals surface area contributed by atoms with Gasteiger partial charge >= 0.3 is 0 Å². The third-order valence-corrected chi connectivity index (χ3v) is 8.19. The number of piperidine rings is 1. The van der Waals surface area contributed by atoms with Crippen LogP contribution in [0, 0.1) is 0 Å². The normalized spacial score (nSPS) is 23.0. The number of benzene rings is 2. The molecule has 4 aliphatic heterocycles. The molecule has 0 unspecified atom stereocenters. The molecule has 0 saturated carbocycles. The molecule has 0 aromatic heterocycles. The first-order chi connectivity index (χ1) is 15.9. The third-order valence-electron chi connectivity index (χ3n) is 6.89. The van der Waals surface area contributed by atoms with Crippen LogP contribution in [0.2, 0.25) is 0 Å². The van der Waals surface area contributed by atoms with Crippen LogP contribution in [0.4, 0.5) is 0 Å². The SMILES string of the molecule is COc1cccc2c1OC1(CCN(S(C)(=O)=O)CC1)N1N=C(c3ccc4c(c3)OCO4)C[C@@H]21. The molecule has 4 aliphatic rings. The van der Waals surface area contributed by atoms with Crippen molar-refractivity contribution in [1.82, 2.24) is 9.31 Å². The lowest BCUT2D eigenvalue weighted by Gasteiger charge is -2.50. The summed E-state index contributed by atoms with van der Waals surface area (Å²) in [5.41, 5.74) is 2.18. The summed E-state index contributed by atoms with van der Waals surface area (Å²) < 4.78 is 49.0. The monoisotopic (exact) mass is 471 g/mol. The molecule has 2 aromatic rings. The summed E-state index contributed by atoms with van der Waals surface area (Å²) in [5.74, 6) is 2.84. The van der Waals surface area contributed by atoms with Gasteiger partial charge in [-0.25, -0.2) is 17.7 Å². The van der Waals surface area contributed by atoms with Crippen LogP contribution in [0.25, 0.3) is 0 Å². The summed E-state index contributed by atoms with van der Waals surface area (Å²) >= 11 is 0. The lowest BCUT2D eigenvalue weighted by atomic mass is 9.91. The van der Waals surface area contributed by atoms with Gasteiger partial charge in [0.15, 0.2) is 23.0 Å². The fraction of sp³-hybridized carbons (Fsp3) is 0.435. The fourth-order valence-corrected chi connectivity index (χ4v) is 6.02. The number of hydrogen-bond donors (Lipinski definition) is 0. The zero-order valence-electron chi connectivity index (χ0n) is 18.5. The Labute approximate surface area is 192 Å². The second-order valence-electron chi connectivity index (χ2n) is 8.77. The van der Waals surface area contributed by atoms with Gasteiger partial charge in [0.25, 0.3) is 0 Å². The Hall–Kier alpha value is -2.98. The average molecular weight is 472 g/mol. The second-order valence-corrected chi connectivity index (χ2v) is 10.8. The Morgan fingerprint density at radius 2 is 1.91 bits per heavy atom. The number of hydrogen-bond acceptors (Lipinski definition) is 8. The molecule has 33 heavy (non-hydrogen) atoms. The van der Waals surface area contributed by atoms with Gasteiger partial charge in [-0.1, -0.05) is 12.1 Å². The Kier molecular flexibility index (Phi) is 4.54. The van der Waals surface area contributed by atoms with Crippen molar-refractivity contribution in [3.05, 3.63) is 47.5 Å². The van der Waals surface area contributed by atoms with Gasteiger partial charge in [-0.15, -0.1) is 0 Å². The summed E-state index contributed by atoms with van der Waals surface area (Å²) in [4.78, 5) is 0. The molecule has 1 fully saturated rings. The van der Waals surface area contributed by atoms with Gasteiger partial charge in [0.05, 0.1) is 25.1 Å². The summed E-state index contributed by atoms with van der Waals surface area (Å²) in [6, 6.07) is 11.7. The minimum absolute atomic E-state index is 0.0333. The van der Waals surface area contributed by atoms with Crippen LogP contribution in [0.5, 0.6) is 23.0 Å². The smallest absolute Gasteiger partial charge is 0.231 e. The van der Waals surface area contributed by atoms with Gasteiger partial charge in [-0.2, -0.15) is 5.10 Å². The van der Waals surface area contributed by atoms with E-state index in [1.54, 1.807) is 7.11 Å². The molecule has 0 radical (unpaired) electrons. The molecule has 174 valence electrons. The van der Waals surface area contributed by atoms with Crippen LogP contribution in [-0.2, 0) is 10.0 Å². The molecule has 9 nitrogen and oxygen atoms in total. The fourth-order valence-electron chi connectivity index (χ4n) is 5.18. The van der Waals surface area contributed by atoms with Crippen molar-refractivity contribution in [3.8, 4) is 23.0 Å². The lowest BCUT2D eigenvalue weighted by molar-refractivity contribution is -0.144. The van der Waals surface area contributed by atoms with Crippen LogP contribution in [0.15, 0.2) is 41.5 Å². The molecular weight excluding hydrogens is 446 g/mol. The number of fused-ring (bicyclic) bond motifs is 5. The van der Waals surface area contributed by atoms with Crippen molar-refractivity contribution in [2.45, 2.75) is 31.0 Å². The summed E-state index contributed by atoms with van der Waals surface area (Å²) in [6.07, 6.45) is 2.96. The molecular formula is C23H25N3O6S. The van der Waals surface area contributed by atoms with E-state index in [9.17, 15) is 8.42 Å². The van der Waals surface area contributed by atoms with E-state index in [2.05, 4.69) is 0 Å². The molecule has 1 saturated heterocycles. The zero-order valence-corrected chi connectivity index (χ0v) is 19.3. The number of para-hydroxylation sites is 1. The van der Waals surface area contributed by atoms with Crippen LogP contribution >= 0.6 is 0 Å². The highest BCUT2D eigenvalue weighted by Gasteiger charge is 2.53. The van der Waals surface area contributed by atoms with E-state index in [-0.39, 0.29) is 12.8 Å². The van der Waals surface area contributed by atoms with E-state index >= 15 is 0 Å². The molecule has 0 aliphatic carbocycles. The summed E-state index contributed by atoms with van der Waals surface area (Å²) in [6.45, 7) is 0.976. The number of ether oxygens (including phenoxy) is 4. The van der Waals surface area contributed by atoms with Gasteiger partial charge in [0.2, 0.25) is 22.5 Å². The predicted octanol–water partition coefficient (Wildman–Crippen LogP) is 2.72. The molecule has 2 aromatic carbocycles. The Balaban J connectivity index is 1.41. The molecule has 4 heterocycles. The first kappa shape index (κ1) is 20.6. The molecule has 6 rings (SSSR count). The maximum Gasteiger partial charge on any atom is 0.231 e. The van der Waals surface area contributed by atoms with Gasteiger partial charge in [-0.3, -0.25) is 0 Å². The minimum atomic E-state index is -3.26. The number of nitrogens with zero attached hydrogens (tertiary/aromatic N) is 3. The zero-order chi connectivity index (χ0) is 22.8. The van der Waals surface area contributed by atoms with Crippen molar-refractivity contribution in [2.75, 3.05) is 33.2 Å². The van der Waals surface area contributed by atoms with Crippen molar-refractivity contribution in [2.24, 2.45) is 5.10 Å².